The van der Waals surface area contributed by atoms with Crippen LogP contribution in [0.25, 0.3) is 11.3 Å². The molecule has 178 valence electrons. The van der Waals surface area contributed by atoms with E-state index in [0.717, 1.165) is 5.56 Å². The summed E-state index contributed by atoms with van der Waals surface area (Å²) in [5.74, 6) is 0.324. The van der Waals surface area contributed by atoms with Crippen molar-refractivity contribution in [1.82, 2.24) is 5.43 Å². The minimum absolute atomic E-state index is 0.0819. The van der Waals surface area contributed by atoms with Crippen LogP contribution in [0, 0.1) is 0 Å². The third-order valence-electron chi connectivity index (χ3n) is 4.70. The van der Waals surface area contributed by atoms with Gasteiger partial charge < -0.3 is 4.42 Å². The Morgan fingerprint density at radius 1 is 0.886 bits per heavy atom. The Balaban J connectivity index is 1.45. The lowest BCUT2D eigenvalue weighted by Gasteiger charge is -2.11. The lowest BCUT2D eigenvalue weighted by Crippen LogP contribution is -2.19. The van der Waals surface area contributed by atoms with Crippen LogP contribution in [0.5, 0.6) is 0 Å². The number of benzene rings is 3. The van der Waals surface area contributed by atoms with Gasteiger partial charge in [0, 0.05) is 16.1 Å². The van der Waals surface area contributed by atoms with Gasteiger partial charge in [-0.1, -0.05) is 53.0 Å². The fourth-order valence-electron chi connectivity index (χ4n) is 3.03. The molecule has 2 N–H and O–H groups in total. The Hall–Kier alpha value is -3.30. The first-order valence-electron chi connectivity index (χ1n) is 9.99. The molecule has 0 radical (unpaired) electrons. The van der Waals surface area contributed by atoms with Crippen molar-refractivity contribution in [3.8, 4) is 11.3 Å². The van der Waals surface area contributed by atoms with Crippen molar-refractivity contribution < 1.29 is 17.6 Å². The normalized spacial score (nSPS) is 11.5. The van der Waals surface area contributed by atoms with Gasteiger partial charge in [0.15, 0.2) is 0 Å². The third-order valence-corrected chi connectivity index (χ3v) is 6.96. The monoisotopic (exact) mass is 547 g/mol. The summed E-state index contributed by atoms with van der Waals surface area (Å²) in [4.78, 5) is 12.4. The van der Waals surface area contributed by atoms with Crippen LogP contribution in [-0.2, 0) is 10.0 Å². The van der Waals surface area contributed by atoms with Crippen molar-refractivity contribution in [3.63, 3.8) is 0 Å². The van der Waals surface area contributed by atoms with Gasteiger partial charge in [0.2, 0.25) is 0 Å². The molecule has 3 aromatic carbocycles. The van der Waals surface area contributed by atoms with Gasteiger partial charge in [-0.3, -0.25) is 9.52 Å². The molecule has 35 heavy (non-hydrogen) atoms. The number of hydrazone groups is 1. The van der Waals surface area contributed by atoms with E-state index in [1.54, 1.807) is 18.2 Å². The largest absolute Gasteiger partial charge is 0.455 e. The van der Waals surface area contributed by atoms with Crippen molar-refractivity contribution >= 4 is 62.6 Å². The first-order chi connectivity index (χ1) is 16.7. The van der Waals surface area contributed by atoms with E-state index in [1.165, 1.54) is 48.7 Å². The molecule has 0 atom stereocenters. The predicted molar refractivity (Wildman–Crippen MR) is 138 cm³/mol. The lowest BCUT2D eigenvalue weighted by atomic mass is 10.2. The number of nitrogens with zero attached hydrogens (tertiary/aromatic N) is 1. The molecular weight excluding hydrogens is 533 g/mol. The van der Waals surface area contributed by atoms with E-state index in [0.29, 0.717) is 21.6 Å². The Morgan fingerprint density at radius 3 is 2.49 bits per heavy atom. The standard InChI is InChI=1S/C24H16Cl3N3O4S/c25-16-8-10-21(27)22(13-16)30-35(32,33)18-5-3-4-15(12-18)24(31)29-28-14-17-9-11-23(34-17)19-6-1-2-7-20(19)26/h1-14,30H,(H,29,31)/b28-14+. The van der Waals surface area contributed by atoms with Crippen LogP contribution < -0.4 is 10.1 Å². The van der Waals surface area contributed by atoms with Gasteiger partial charge in [-0.15, -0.1) is 0 Å². The Kier molecular flexibility index (Phi) is 7.47. The molecule has 0 saturated heterocycles. The highest BCUT2D eigenvalue weighted by Crippen LogP contribution is 2.29. The van der Waals surface area contributed by atoms with Crippen LogP contribution in [-0.4, -0.2) is 20.5 Å². The summed E-state index contributed by atoms with van der Waals surface area (Å²) >= 11 is 18.1. The molecule has 0 spiro atoms. The lowest BCUT2D eigenvalue weighted by molar-refractivity contribution is 0.0955. The van der Waals surface area contributed by atoms with E-state index in [2.05, 4.69) is 15.2 Å². The number of carbonyl (C=O) groups is 1. The molecule has 1 heterocycles. The van der Waals surface area contributed by atoms with Gasteiger partial charge in [-0.25, -0.2) is 13.8 Å². The van der Waals surface area contributed by atoms with Crippen LogP contribution in [0.2, 0.25) is 15.1 Å². The summed E-state index contributed by atoms with van der Waals surface area (Å²) in [7, 11) is -4.04. The molecule has 1 aromatic heterocycles. The Morgan fingerprint density at radius 2 is 1.69 bits per heavy atom. The van der Waals surface area contributed by atoms with Gasteiger partial charge in [0.1, 0.15) is 11.5 Å². The first kappa shape index (κ1) is 24.8. The molecule has 0 saturated carbocycles. The highest BCUT2D eigenvalue weighted by molar-refractivity contribution is 7.92. The number of halogens is 3. The topological polar surface area (TPSA) is 101 Å². The summed E-state index contributed by atoms with van der Waals surface area (Å²) in [6, 6.07) is 20.5. The highest BCUT2D eigenvalue weighted by atomic mass is 35.5. The van der Waals surface area contributed by atoms with Gasteiger partial charge in [-0.2, -0.15) is 5.10 Å². The van der Waals surface area contributed by atoms with Gasteiger partial charge in [0.05, 0.1) is 26.8 Å². The number of nitrogens with one attached hydrogen (secondary N) is 2. The molecule has 0 aliphatic heterocycles. The maximum absolute atomic E-state index is 12.8. The van der Waals surface area contributed by atoms with Gasteiger partial charge >= 0.3 is 0 Å². The predicted octanol–water partition coefficient (Wildman–Crippen LogP) is 6.47. The Bertz CT molecular complexity index is 1530. The number of rotatable bonds is 7. The SMILES string of the molecule is O=C(N/N=C/c1ccc(-c2ccccc2Cl)o1)c1cccc(S(=O)(=O)Nc2cc(Cl)ccc2Cl)c1. The number of furan rings is 1. The van der Waals surface area contributed by atoms with Crippen molar-refractivity contribution in [3.05, 3.63) is 105 Å². The molecule has 0 fully saturated rings. The number of sulfonamides is 1. The van der Waals surface area contributed by atoms with Crippen molar-refractivity contribution in [1.29, 1.82) is 0 Å². The van der Waals surface area contributed by atoms with E-state index in [1.807, 2.05) is 18.2 Å². The van der Waals surface area contributed by atoms with Crippen LogP contribution >= 0.6 is 34.8 Å². The summed E-state index contributed by atoms with van der Waals surface area (Å²) < 4.78 is 33.6. The molecular formula is C24H16Cl3N3O4S. The molecule has 0 bridgehead atoms. The second kappa shape index (κ2) is 10.5. The zero-order valence-corrected chi connectivity index (χ0v) is 20.8. The van der Waals surface area contributed by atoms with Crippen LogP contribution in [0.3, 0.4) is 0 Å². The number of hydrogen-bond donors (Lipinski definition) is 2. The zero-order valence-electron chi connectivity index (χ0n) is 17.7. The maximum Gasteiger partial charge on any atom is 0.271 e. The molecule has 11 heteroatoms. The third kappa shape index (κ3) is 6.04. The van der Waals surface area contributed by atoms with Gasteiger partial charge in [-0.05, 0) is 60.7 Å². The summed E-state index contributed by atoms with van der Waals surface area (Å²) in [5, 5.41) is 4.91. The smallest absolute Gasteiger partial charge is 0.271 e. The van der Waals surface area contributed by atoms with Crippen molar-refractivity contribution in [2.24, 2.45) is 5.10 Å². The number of anilines is 1. The quantitative estimate of drug-likeness (QED) is 0.204. The van der Waals surface area contributed by atoms with Crippen LogP contribution in [0.1, 0.15) is 16.1 Å². The van der Waals surface area contributed by atoms with E-state index in [-0.39, 0.29) is 21.2 Å². The van der Waals surface area contributed by atoms with E-state index in [4.69, 9.17) is 39.2 Å². The van der Waals surface area contributed by atoms with Crippen molar-refractivity contribution in [2.45, 2.75) is 4.90 Å². The zero-order chi connectivity index (χ0) is 25.0. The van der Waals surface area contributed by atoms with E-state index >= 15 is 0 Å². The molecule has 1 amide bonds. The molecule has 0 aliphatic carbocycles. The Labute approximate surface area is 216 Å². The molecule has 0 unspecified atom stereocenters. The summed E-state index contributed by atoms with van der Waals surface area (Å²) in [5.41, 5.74) is 3.27. The van der Waals surface area contributed by atoms with Crippen LogP contribution in [0.15, 0.2) is 93.3 Å². The minimum Gasteiger partial charge on any atom is -0.455 e. The number of hydrogen-bond acceptors (Lipinski definition) is 5. The molecule has 0 aliphatic rings. The summed E-state index contributed by atoms with van der Waals surface area (Å²) in [6.07, 6.45) is 1.32. The molecule has 4 rings (SSSR count). The molecule has 7 nitrogen and oxygen atoms in total. The fourth-order valence-corrected chi connectivity index (χ4v) is 4.77. The van der Waals surface area contributed by atoms with E-state index in [9.17, 15) is 13.2 Å². The minimum atomic E-state index is -4.04. The molecule has 4 aromatic rings. The highest BCUT2D eigenvalue weighted by Gasteiger charge is 2.18. The average molecular weight is 549 g/mol. The van der Waals surface area contributed by atoms with Crippen molar-refractivity contribution in [2.75, 3.05) is 4.72 Å². The fraction of sp³-hybridized carbons (Fsp3) is 0. The summed E-state index contributed by atoms with van der Waals surface area (Å²) in [6.45, 7) is 0. The average Bonchev–Trinajstić information content (AvgIpc) is 3.30. The van der Waals surface area contributed by atoms with Crippen LogP contribution in [0.4, 0.5) is 5.69 Å². The number of carbonyl (C=O) groups excluding carboxylic acids is 1. The van der Waals surface area contributed by atoms with Gasteiger partial charge in [0.25, 0.3) is 15.9 Å². The van der Waals surface area contributed by atoms with E-state index < -0.39 is 15.9 Å². The first-order valence-corrected chi connectivity index (χ1v) is 12.6. The maximum atomic E-state index is 12.8. The second-order valence-electron chi connectivity index (χ2n) is 7.14. The number of amides is 1. The second-order valence-corrected chi connectivity index (χ2v) is 10.1.